The van der Waals surface area contributed by atoms with Crippen molar-refractivity contribution in [3.63, 3.8) is 0 Å². The first-order chi connectivity index (χ1) is 6.90. The van der Waals surface area contributed by atoms with Crippen LogP contribution in [0, 0.1) is 0 Å². The van der Waals surface area contributed by atoms with Gasteiger partial charge in [-0.05, 0) is 6.92 Å². The Bertz CT molecular complexity index is 190. The molecule has 0 aliphatic rings. The molecule has 0 saturated heterocycles. The van der Waals surface area contributed by atoms with Gasteiger partial charge in [-0.15, -0.1) is 11.6 Å². The average Bonchev–Trinajstić information content (AvgIpc) is 2.13. The van der Waals surface area contributed by atoms with Crippen LogP contribution in [-0.2, 0) is 4.74 Å². The van der Waals surface area contributed by atoms with Crippen molar-refractivity contribution in [1.82, 2.24) is 4.90 Å². The predicted molar refractivity (Wildman–Crippen MR) is 66.7 cm³/mol. The van der Waals surface area contributed by atoms with Crippen molar-refractivity contribution in [3.8, 4) is 0 Å². The molecule has 0 rings (SSSR count). The number of alkyl halides is 1. The Hall–Kier alpha value is -0.0900. The summed E-state index contributed by atoms with van der Waals surface area (Å²) < 4.78 is 5.27. The molecule has 0 fully saturated rings. The maximum Gasteiger partial charge on any atom is 0.410 e. The SMILES string of the molecule is CCN(CCl)C(=O)OCCSC(C)(C)C. The Kier molecular flexibility index (Phi) is 7.18. The second-order valence-electron chi connectivity index (χ2n) is 4.05. The van der Waals surface area contributed by atoms with Crippen LogP contribution >= 0.6 is 23.4 Å². The van der Waals surface area contributed by atoms with E-state index in [2.05, 4.69) is 20.8 Å². The molecule has 0 radical (unpaired) electrons. The van der Waals surface area contributed by atoms with Crippen LogP contribution in [0.5, 0.6) is 0 Å². The van der Waals surface area contributed by atoms with E-state index in [9.17, 15) is 4.79 Å². The number of hydrogen-bond acceptors (Lipinski definition) is 3. The maximum absolute atomic E-state index is 11.3. The Labute approximate surface area is 101 Å². The van der Waals surface area contributed by atoms with Crippen LogP contribution in [0.1, 0.15) is 27.7 Å². The minimum atomic E-state index is -0.331. The lowest BCUT2D eigenvalue weighted by Gasteiger charge is -2.19. The fourth-order valence-electron chi connectivity index (χ4n) is 0.831. The third kappa shape index (κ3) is 7.79. The predicted octanol–water partition coefficient (Wildman–Crippen LogP) is 3.17. The highest BCUT2D eigenvalue weighted by Gasteiger charge is 2.13. The number of rotatable bonds is 5. The molecule has 0 unspecified atom stereocenters. The van der Waals surface area contributed by atoms with Gasteiger partial charge in [-0.3, -0.25) is 4.90 Å². The van der Waals surface area contributed by atoms with Gasteiger partial charge in [-0.25, -0.2) is 4.79 Å². The quantitative estimate of drug-likeness (QED) is 0.428. The number of carbonyl (C=O) groups excluding carboxylic acids is 1. The van der Waals surface area contributed by atoms with Crippen LogP contribution in [0.25, 0.3) is 0 Å². The second kappa shape index (κ2) is 7.23. The van der Waals surface area contributed by atoms with Crippen molar-refractivity contribution < 1.29 is 9.53 Å². The lowest BCUT2D eigenvalue weighted by atomic mass is 10.3. The van der Waals surface area contributed by atoms with Crippen molar-refractivity contribution >= 4 is 29.5 Å². The standard InChI is InChI=1S/C10H20ClNO2S/c1-5-12(8-11)9(13)14-6-7-15-10(2,3)4/h5-8H2,1-4H3. The van der Waals surface area contributed by atoms with Crippen LogP contribution in [0.4, 0.5) is 4.79 Å². The monoisotopic (exact) mass is 253 g/mol. The molecule has 5 heteroatoms. The van der Waals surface area contributed by atoms with Gasteiger partial charge in [0, 0.05) is 17.0 Å². The Morgan fingerprint density at radius 1 is 1.47 bits per heavy atom. The van der Waals surface area contributed by atoms with Gasteiger partial charge in [0.05, 0.1) is 6.00 Å². The number of hydrogen-bond donors (Lipinski definition) is 0. The van der Waals surface area contributed by atoms with Gasteiger partial charge < -0.3 is 4.74 Å². The van der Waals surface area contributed by atoms with Crippen molar-refractivity contribution in [3.05, 3.63) is 0 Å². The molecule has 0 aliphatic carbocycles. The number of carbonyl (C=O) groups is 1. The molecule has 0 saturated carbocycles. The molecule has 0 aromatic heterocycles. The summed E-state index contributed by atoms with van der Waals surface area (Å²) in [6.45, 7) is 9.29. The summed E-state index contributed by atoms with van der Waals surface area (Å²) in [6, 6.07) is 0.182. The van der Waals surface area contributed by atoms with Gasteiger partial charge >= 0.3 is 6.09 Å². The molecule has 15 heavy (non-hydrogen) atoms. The Morgan fingerprint density at radius 3 is 2.47 bits per heavy atom. The summed E-state index contributed by atoms with van der Waals surface area (Å²) in [6.07, 6.45) is -0.331. The first-order valence-corrected chi connectivity index (χ1v) is 6.54. The van der Waals surface area contributed by atoms with E-state index in [0.29, 0.717) is 13.2 Å². The van der Waals surface area contributed by atoms with Crippen LogP contribution in [-0.4, -0.2) is 40.6 Å². The van der Waals surface area contributed by atoms with Gasteiger partial charge in [0.25, 0.3) is 0 Å². The molecule has 0 N–H and O–H groups in total. The highest BCUT2D eigenvalue weighted by atomic mass is 35.5. The van der Waals surface area contributed by atoms with E-state index >= 15 is 0 Å². The minimum Gasteiger partial charge on any atom is -0.449 e. The van der Waals surface area contributed by atoms with E-state index in [0.717, 1.165) is 5.75 Å². The van der Waals surface area contributed by atoms with Crippen LogP contribution in [0.3, 0.4) is 0 Å². The average molecular weight is 254 g/mol. The fraction of sp³-hybridized carbons (Fsp3) is 0.900. The highest BCUT2D eigenvalue weighted by molar-refractivity contribution is 8.00. The first-order valence-electron chi connectivity index (χ1n) is 5.02. The molecular formula is C10H20ClNO2S. The summed E-state index contributed by atoms with van der Waals surface area (Å²) >= 11 is 7.34. The van der Waals surface area contributed by atoms with Gasteiger partial charge in [-0.2, -0.15) is 11.8 Å². The third-order valence-corrected chi connectivity index (χ3v) is 3.15. The van der Waals surface area contributed by atoms with Crippen LogP contribution in [0.2, 0.25) is 0 Å². The molecule has 0 aliphatic heterocycles. The van der Waals surface area contributed by atoms with E-state index in [1.807, 2.05) is 6.92 Å². The lowest BCUT2D eigenvalue weighted by Crippen LogP contribution is -2.30. The number of halogens is 1. The van der Waals surface area contributed by atoms with Gasteiger partial charge in [-0.1, -0.05) is 20.8 Å². The summed E-state index contributed by atoms with van der Waals surface area (Å²) in [5.41, 5.74) is 0. The Balaban J connectivity index is 3.63. The van der Waals surface area contributed by atoms with Crippen LogP contribution < -0.4 is 0 Å². The molecule has 0 atom stereocenters. The van der Waals surface area contributed by atoms with Crippen molar-refractivity contribution in [2.45, 2.75) is 32.4 Å². The van der Waals surface area contributed by atoms with E-state index < -0.39 is 0 Å². The lowest BCUT2D eigenvalue weighted by molar-refractivity contribution is 0.116. The Morgan fingerprint density at radius 2 is 2.07 bits per heavy atom. The zero-order valence-corrected chi connectivity index (χ0v) is 11.5. The summed E-state index contributed by atoms with van der Waals surface area (Å²) in [7, 11) is 0. The normalized spacial score (nSPS) is 11.3. The largest absolute Gasteiger partial charge is 0.449 e. The summed E-state index contributed by atoms with van der Waals surface area (Å²) in [4.78, 5) is 12.8. The second-order valence-corrected chi connectivity index (χ2v) is 6.21. The zero-order chi connectivity index (χ0) is 11.9. The molecule has 0 aromatic rings. The molecule has 0 heterocycles. The summed E-state index contributed by atoms with van der Waals surface area (Å²) in [5.74, 6) is 0.815. The fourth-order valence-corrected chi connectivity index (χ4v) is 1.88. The topological polar surface area (TPSA) is 29.5 Å². The molecular weight excluding hydrogens is 234 g/mol. The van der Waals surface area contributed by atoms with E-state index in [4.69, 9.17) is 16.3 Å². The van der Waals surface area contributed by atoms with Crippen molar-refractivity contribution in [2.75, 3.05) is 24.9 Å². The number of ether oxygens (including phenoxy) is 1. The van der Waals surface area contributed by atoms with E-state index in [1.54, 1.807) is 11.8 Å². The third-order valence-electron chi connectivity index (χ3n) is 1.63. The first kappa shape index (κ1) is 14.9. The number of nitrogens with zero attached hydrogens (tertiary/aromatic N) is 1. The van der Waals surface area contributed by atoms with Crippen molar-refractivity contribution in [2.24, 2.45) is 0 Å². The number of thioether (sulfide) groups is 1. The smallest absolute Gasteiger partial charge is 0.410 e. The van der Waals surface area contributed by atoms with E-state index in [-0.39, 0.29) is 16.8 Å². The molecule has 90 valence electrons. The van der Waals surface area contributed by atoms with Crippen molar-refractivity contribution in [1.29, 1.82) is 0 Å². The minimum absolute atomic E-state index is 0.182. The molecule has 3 nitrogen and oxygen atoms in total. The highest BCUT2D eigenvalue weighted by Crippen LogP contribution is 2.22. The molecule has 0 spiro atoms. The van der Waals surface area contributed by atoms with Crippen LogP contribution in [0.15, 0.2) is 0 Å². The molecule has 1 amide bonds. The van der Waals surface area contributed by atoms with Gasteiger partial charge in [0.2, 0.25) is 0 Å². The zero-order valence-electron chi connectivity index (χ0n) is 9.88. The maximum atomic E-state index is 11.3. The molecule has 0 bridgehead atoms. The van der Waals surface area contributed by atoms with Gasteiger partial charge in [0.15, 0.2) is 0 Å². The van der Waals surface area contributed by atoms with E-state index in [1.165, 1.54) is 4.90 Å². The summed E-state index contributed by atoms with van der Waals surface area (Å²) in [5, 5.41) is 0. The number of amides is 1. The molecule has 0 aromatic carbocycles. The van der Waals surface area contributed by atoms with Gasteiger partial charge in [0.1, 0.15) is 6.61 Å².